The Labute approximate surface area is 267 Å². The van der Waals surface area contributed by atoms with Crippen LogP contribution < -0.4 is 19.8 Å². The van der Waals surface area contributed by atoms with Gasteiger partial charge in [0.25, 0.3) is 5.91 Å². The van der Waals surface area contributed by atoms with Crippen molar-refractivity contribution in [3.63, 3.8) is 0 Å². The summed E-state index contributed by atoms with van der Waals surface area (Å²) in [5, 5.41) is 4.22. The molecule has 7 rings (SSSR count). The smallest absolute Gasteiger partial charge is 0.416 e. The first-order valence-corrected chi connectivity index (χ1v) is 15.7. The number of nitrogens with one attached hydrogen (secondary N) is 2. The highest BCUT2D eigenvalue weighted by molar-refractivity contribution is 8.00. The Morgan fingerprint density at radius 1 is 0.913 bits per heavy atom. The van der Waals surface area contributed by atoms with Crippen molar-refractivity contribution in [2.75, 3.05) is 16.8 Å². The number of fused-ring (bicyclic) bond motifs is 3. The van der Waals surface area contributed by atoms with Gasteiger partial charge in [-0.25, -0.2) is 4.90 Å². The molecule has 3 atom stereocenters. The number of halogens is 3. The fourth-order valence-electron chi connectivity index (χ4n) is 5.89. The van der Waals surface area contributed by atoms with Gasteiger partial charge in [-0.2, -0.15) is 13.2 Å². The van der Waals surface area contributed by atoms with Gasteiger partial charge in [0.05, 0.1) is 22.2 Å². The number of rotatable bonds is 6. The number of anilines is 2. The number of nitrogens with zero attached hydrogens (tertiary/aromatic N) is 1. The second-order valence-corrected chi connectivity index (χ2v) is 12.9. The minimum Gasteiger partial charge on any atom is -0.484 e. The average Bonchev–Trinajstić information content (AvgIpc) is 3.54. The molecule has 1 aromatic heterocycles. The van der Waals surface area contributed by atoms with E-state index in [0.717, 1.165) is 57.0 Å². The zero-order valence-corrected chi connectivity index (χ0v) is 25.2. The van der Waals surface area contributed by atoms with Crippen molar-refractivity contribution in [2.24, 2.45) is 5.92 Å². The van der Waals surface area contributed by atoms with Crippen molar-refractivity contribution in [2.45, 2.75) is 22.4 Å². The summed E-state index contributed by atoms with van der Waals surface area (Å²) in [6.45, 7) is -0.268. The van der Waals surface area contributed by atoms with E-state index in [9.17, 15) is 32.3 Å². The third kappa shape index (κ3) is 5.35. The second-order valence-electron chi connectivity index (χ2n) is 10.7. The van der Waals surface area contributed by atoms with Gasteiger partial charge >= 0.3 is 11.0 Å². The summed E-state index contributed by atoms with van der Waals surface area (Å²) in [6.07, 6.45) is -4.66. The molecular formula is C33H22F3N3O5S2. The van der Waals surface area contributed by atoms with Crippen molar-refractivity contribution in [1.82, 2.24) is 4.98 Å². The zero-order chi connectivity index (χ0) is 32.2. The molecule has 0 bridgehead atoms. The molecule has 2 N–H and O–H groups in total. The quantitative estimate of drug-likeness (QED) is 0.203. The summed E-state index contributed by atoms with van der Waals surface area (Å²) in [5.41, 5.74) is 0.116. The molecule has 0 spiro atoms. The van der Waals surface area contributed by atoms with Crippen LogP contribution in [0.1, 0.15) is 21.9 Å². The molecule has 0 saturated carbocycles. The Balaban J connectivity index is 1.13. The fourth-order valence-corrected chi connectivity index (χ4v) is 8.41. The molecular weight excluding hydrogens is 640 g/mol. The Bertz CT molecular complexity index is 2070. The molecule has 0 radical (unpaired) electrons. The Hall–Kier alpha value is -4.88. The highest BCUT2D eigenvalue weighted by Gasteiger charge is 2.56. The van der Waals surface area contributed by atoms with Crippen LogP contribution in [0.5, 0.6) is 5.75 Å². The molecule has 232 valence electrons. The molecule has 4 aromatic carbocycles. The van der Waals surface area contributed by atoms with Crippen molar-refractivity contribution < 1.29 is 32.3 Å². The van der Waals surface area contributed by atoms with Gasteiger partial charge < -0.3 is 15.0 Å². The number of ether oxygens (including phenoxy) is 1. The summed E-state index contributed by atoms with van der Waals surface area (Å²) in [7, 11) is 0. The molecule has 2 aliphatic heterocycles. The maximum absolute atomic E-state index is 13.8. The van der Waals surface area contributed by atoms with Crippen molar-refractivity contribution >= 4 is 63.0 Å². The molecule has 3 amide bonds. The first-order valence-electron chi connectivity index (χ1n) is 14.0. The van der Waals surface area contributed by atoms with E-state index in [1.807, 2.05) is 36.4 Å². The third-order valence-electron chi connectivity index (χ3n) is 7.93. The van der Waals surface area contributed by atoms with Crippen molar-refractivity contribution in [3.05, 3.63) is 117 Å². The minimum absolute atomic E-state index is 0.166. The van der Waals surface area contributed by atoms with Gasteiger partial charge in [-0.05, 0) is 47.3 Å². The van der Waals surface area contributed by atoms with E-state index in [4.69, 9.17) is 4.74 Å². The fraction of sp³-hybridized carbons (Fsp3) is 0.152. The number of alkyl halides is 3. The summed E-state index contributed by atoms with van der Waals surface area (Å²) in [4.78, 5) is 56.2. The number of H-pyrrole nitrogens is 1. The molecule has 0 aliphatic carbocycles. The lowest BCUT2D eigenvalue weighted by Crippen LogP contribution is -2.32. The predicted molar refractivity (Wildman–Crippen MR) is 168 cm³/mol. The number of amides is 3. The van der Waals surface area contributed by atoms with E-state index in [2.05, 4.69) is 10.3 Å². The maximum atomic E-state index is 13.8. The van der Waals surface area contributed by atoms with Gasteiger partial charge in [0.2, 0.25) is 11.8 Å². The van der Waals surface area contributed by atoms with Gasteiger partial charge in [-0.15, -0.1) is 0 Å². The Morgan fingerprint density at radius 3 is 2.43 bits per heavy atom. The van der Waals surface area contributed by atoms with Gasteiger partial charge in [0.1, 0.15) is 11.0 Å². The van der Waals surface area contributed by atoms with Crippen LogP contribution in [0.2, 0.25) is 0 Å². The molecule has 0 unspecified atom stereocenters. The van der Waals surface area contributed by atoms with Gasteiger partial charge in [0, 0.05) is 21.9 Å². The van der Waals surface area contributed by atoms with Gasteiger partial charge in [0.15, 0.2) is 6.61 Å². The number of hydrogen-bond acceptors (Lipinski definition) is 7. The summed E-state index contributed by atoms with van der Waals surface area (Å²) < 4.78 is 46.0. The van der Waals surface area contributed by atoms with Crippen LogP contribution in [0.4, 0.5) is 24.5 Å². The van der Waals surface area contributed by atoms with E-state index in [-0.39, 0.29) is 23.1 Å². The van der Waals surface area contributed by atoms with Gasteiger partial charge in [-0.1, -0.05) is 77.7 Å². The van der Waals surface area contributed by atoms with Crippen LogP contribution in [-0.2, 0) is 20.6 Å². The Morgan fingerprint density at radius 2 is 1.65 bits per heavy atom. The molecule has 8 nitrogen and oxygen atoms in total. The number of thioether (sulfide) groups is 1. The van der Waals surface area contributed by atoms with E-state index in [1.165, 1.54) is 6.07 Å². The Kier molecular flexibility index (Phi) is 7.44. The standard InChI is InChI=1S/C33H22F3N3O5S2/c34-33(35,36)19-7-4-8-20(15-19)39-30(41)26-25(27-29(38-32(43)46-27)45-28(26)31(39)42)18-11-13-21(14-12-18)44-16-24(40)37-23-10-3-6-17-5-1-2-9-22(17)23/h1-15,25-26,28H,16H2,(H,37,40)(H,38,43)/t25-,26-,28+/m0/s1. The van der Waals surface area contributed by atoms with Crippen LogP contribution >= 0.6 is 23.1 Å². The lowest BCUT2D eigenvalue weighted by molar-refractivity contribution is -0.137. The third-order valence-corrected chi connectivity index (χ3v) is 10.3. The highest BCUT2D eigenvalue weighted by Crippen LogP contribution is 2.53. The first kappa shape index (κ1) is 29.8. The van der Waals surface area contributed by atoms with Crippen LogP contribution in [0, 0.1) is 5.92 Å². The van der Waals surface area contributed by atoms with E-state index < -0.39 is 40.6 Å². The van der Waals surface area contributed by atoms with E-state index in [0.29, 0.717) is 26.9 Å². The number of carbonyl (C=O) groups is 3. The van der Waals surface area contributed by atoms with E-state index >= 15 is 0 Å². The molecule has 5 aromatic rings. The minimum atomic E-state index is -4.66. The summed E-state index contributed by atoms with van der Waals surface area (Å²) in [5.74, 6) is -2.98. The molecule has 1 fully saturated rings. The largest absolute Gasteiger partial charge is 0.484 e. The second kappa shape index (κ2) is 11.5. The monoisotopic (exact) mass is 661 g/mol. The average molecular weight is 662 g/mol. The van der Waals surface area contributed by atoms with E-state index in [1.54, 1.807) is 30.3 Å². The first-order chi connectivity index (χ1) is 22.1. The summed E-state index contributed by atoms with van der Waals surface area (Å²) >= 11 is 1.96. The number of aromatic amines is 1. The van der Waals surface area contributed by atoms with Crippen LogP contribution in [0.15, 0.2) is 101 Å². The van der Waals surface area contributed by atoms with Crippen molar-refractivity contribution in [3.8, 4) is 5.75 Å². The predicted octanol–water partition coefficient (Wildman–Crippen LogP) is 6.42. The van der Waals surface area contributed by atoms with Crippen LogP contribution in [-0.4, -0.2) is 34.6 Å². The van der Waals surface area contributed by atoms with Crippen molar-refractivity contribution in [1.29, 1.82) is 0 Å². The summed E-state index contributed by atoms with van der Waals surface area (Å²) in [6, 6.07) is 24.0. The number of benzene rings is 4. The molecule has 3 heterocycles. The number of carbonyl (C=O) groups excluding carboxylic acids is 3. The van der Waals surface area contributed by atoms with Crippen LogP contribution in [0.3, 0.4) is 0 Å². The molecule has 1 saturated heterocycles. The normalized spacial score (nSPS) is 19.2. The molecule has 2 aliphatic rings. The number of aromatic nitrogens is 1. The lowest BCUT2D eigenvalue weighted by atomic mass is 9.83. The number of thiazole rings is 1. The molecule has 46 heavy (non-hydrogen) atoms. The zero-order valence-electron chi connectivity index (χ0n) is 23.5. The highest BCUT2D eigenvalue weighted by atomic mass is 32.2. The lowest BCUT2D eigenvalue weighted by Gasteiger charge is -2.29. The van der Waals surface area contributed by atoms with Crippen LogP contribution in [0.25, 0.3) is 10.8 Å². The molecule has 13 heteroatoms. The number of hydrogen-bond donors (Lipinski definition) is 2. The number of imide groups is 1. The maximum Gasteiger partial charge on any atom is 0.416 e. The SMILES string of the molecule is O=C(COc1ccc([C@@H]2c3sc(=O)[nH]c3S[C@H]3C(=O)N(c4cccc(C(F)(F)F)c4)C(=O)[C@@H]23)cc1)Nc1cccc2ccccc12. The van der Waals surface area contributed by atoms with Gasteiger partial charge in [-0.3, -0.25) is 19.2 Å². The topological polar surface area (TPSA) is 109 Å².